The minimum atomic E-state index is -3.42. The zero-order valence-corrected chi connectivity index (χ0v) is 13.8. The van der Waals surface area contributed by atoms with Crippen molar-refractivity contribution in [1.29, 1.82) is 0 Å². The summed E-state index contributed by atoms with van der Waals surface area (Å²) in [5.41, 5.74) is 1.59. The molecular weight excluding hydrogens is 290 g/mol. The van der Waals surface area contributed by atoms with Gasteiger partial charge >= 0.3 is 0 Å². The molecule has 1 saturated heterocycles. The molecule has 2 heterocycles. The smallest absolute Gasteiger partial charge is 0.282 e. The minimum absolute atomic E-state index is 0.216. The molecule has 7 nitrogen and oxygen atoms in total. The van der Waals surface area contributed by atoms with E-state index in [1.54, 1.807) is 26.5 Å². The highest BCUT2D eigenvalue weighted by Crippen LogP contribution is 2.33. The molecule has 0 bridgehead atoms. The summed E-state index contributed by atoms with van der Waals surface area (Å²) < 4.78 is 27.5. The van der Waals surface area contributed by atoms with Crippen molar-refractivity contribution in [3.63, 3.8) is 0 Å². The second-order valence-corrected chi connectivity index (χ2v) is 7.83. The molecule has 0 amide bonds. The first-order chi connectivity index (χ1) is 9.82. The average Bonchev–Trinajstić information content (AvgIpc) is 2.87. The number of hydrogen-bond acceptors (Lipinski definition) is 5. The van der Waals surface area contributed by atoms with E-state index in [2.05, 4.69) is 9.97 Å². The van der Waals surface area contributed by atoms with Crippen LogP contribution in [0, 0.1) is 0 Å². The third-order valence-corrected chi connectivity index (χ3v) is 5.44. The fraction of sp³-hybridized carbons (Fsp3) is 0.692. The molecular formula is C13H23N5O2S. The van der Waals surface area contributed by atoms with Gasteiger partial charge in [-0.3, -0.25) is 9.97 Å². The number of rotatable bonds is 5. The zero-order chi connectivity index (χ0) is 15.6. The highest BCUT2D eigenvalue weighted by molar-refractivity contribution is 7.86. The fourth-order valence-electron chi connectivity index (χ4n) is 2.51. The van der Waals surface area contributed by atoms with E-state index in [4.69, 9.17) is 0 Å². The fourth-order valence-corrected chi connectivity index (χ4v) is 3.82. The Morgan fingerprint density at radius 1 is 1.29 bits per heavy atom. The van der Waals surface area contributed by atoms with Crippen LogP contribution < -0.4 is 0 Å². The standard InChI is InChI=1S/C13H23N5O2S/c1-16(2)10-11-8-14-9-12(15-11)13-6-5-7-18(13)21(19,20)17(3)4/h8-9,13H,5-7,10H2,1-4H3. The summed E-state index contributed by atoms with van der Waals surface area (Å²) in [5, 5.41) is 0. The van der Waals surface area contributed by atoms with Gasteiger partial charge < -0.3 is 4.90 Å². The quantitative estimate of drug-likeness (QED) is 0.791. The molecule has 0 radical (unpaired) electrons. The first-order valence-electron chi connectivity index (χ1n) is 6.97. The molecule has 1 aliphatic heterocycles. The third kappa shape index (κ3) is 3.57. The summed E-state index contributed by atoms with van der Waals surface area (Å²) in [6, 6.07) is -0.216. The number of nitrogens with zero attached hydrogens (tertiary/aromatic N) is 5. The van der Waals surface area contributed by atoms with Crippen LogP contribution in [0.25, 0.3) is 0 Å². The lowest BCUT2D eigenvalue weighted by atomic mass is 10.1. The number of aromatic nitrogens is 2. The Balaban J connectivity index is 2.28. The van der Waals surface area contributed by atoms with E-state index in [1.165, 1.54) is 8.61 Å². The normalized spacial score (nSPS) is 20.6. The Labute approximate surface area is 126 Å². The predicted molar refractivity (Wildman–Crippen MR) is 80.7 cm³/mol. The second-order valence-electron chi connectivity index (χ2n) is 5.73. The van der Waals surface area contributed by atoms with Gasteiger partial charge in [0, 0.05) is 33.4 Å². The summed E-state index contributed by atoms with van der Waals surface area (Å²) in [5.74, 6) is 0. The van der Waals surface area contributed by atoms with Crippen molar-refractivity contribution in [3.8, 4) is 0 Å². The maximum Gasteiger partial charge on any atom is 0.282 e. The van der Waals surface area contributed by atoms with Crippen LogP contribution in [0.2, 0.25) is 0 Å². The van der Waals surface area contributed by atoms with Gasteiger partial charge in [-0.25, -0.2) is 0 Å². The molecule has 1 unspecified atom stereocenters. The summed E-state index contributed by atoms with van der Waals surface area (Å²) in [7, 11) is 3.62. The van der Waals surface area contributed by atoms with Gasteiger partial charge in [0.05, 0.1) is 23.6 Å². The Kier molecular flexibility index (Phi) is 4.92. The van der Waals surface area contributed by atoms with Crippen LogP contribution in [0.3, 0.4) is 0 Å². The molecule has 1 atom stereocenters. The van der Waals surface area contributed by atoms with Crippen molar-refractivity contribution in [2.45, 2.75) is 25.4 Å². The van der Waals surface area contributed by atoms with Gasteiger partial charge in [0.15, 0.2) is 0 Å². The van der Waals surface area contributed by atoms with Crippen molar-refractivity contribution >= 4 is 10.2 Å². The summed E-state index contributed by atoms with van der Waals surface area (Å²) in [4.78, 5) is 10.8. The van der Waals surface area contributed by atoms with E-state index in [-0.39, 0.29) is 6.04 Å². The van der Waals surface area contributed by atoms with Gasteiger partial charge in [-0.05, 0) is 26.9 Å². The largest absolute Gasteiger partial charge is 0.304 e. The first kappa shape index (κ1) is 16.3. The molecule has 0 saturated carbocycles. The lowest BCUT2D eigenvalue weighted by molar-refractivity contribution is 0.354. The van der Waals surface area contributed by atoms with E-state index in [0.717, 1.165) is 24.2 Å². The van der Waals surface area contributed by atoms with Crippen LogP contribution in [0.5, 0.6) is 0 Å². The molecule has 0 N–H and O–H groups in total. The van der Waals surface area contributed by atoms with E-state index >= 15 is 0 Å². The monoisotopic (exact) mass is 313 g/mol. The Hall–Kier alpha value is -1.09. The topological polar surface area (TPSA) is 69.6 Å². The van der Waals surface area contributed by atoms with Crippen LogP contribution in [-0.4, -0.2) is 66.6 Å². The average molecular weight is 313 g/mol. The highest BCUT2D eigenvalue weighted by atomic mass is 32.2. The lowest BCUT2D eigenvalue weighted by Gasteiger charge is -2.26. The molecule has 1 fully saturated rings. The van der Waals surface area contributed by atoms with Crippen molar-refractivity contribution in [2.75, 3.05) is 34.7 Å². The molecule has 0 aromatic carbocycles. The maximum atomic E-state index is 12.4. The third-order valence-electron chi connectivity index (χ3n) is 3.48. The van der Waals surface area contributed by atoms with Gasteiger partial charge in [0.1, 0.15) is 0 Å². The van der Waals surface area contributed by atoms with Crippen molar-refractivity contribution in [1.82, 2.24) is 23.5 Å². The van der Waals surface area contributed by atoms with Gasteiger partial charge in [0.25, 0.3) is 10.2 Å². The molecule has 118 valence electrons. The van der Waals surface area contributed by atoms with E-state index in [0.29, 0.717) is 13.1 Å². The predicted octanol–water partition coefficient (Wildman–Crippen LogP) is 0.482. The zero-order valence-electron chi connectivity index (χ0n) is 13.0. The minimum Gasteiger partial charge on any atom is -0.304 e. The van der Waals surface area contributed by atoms with Crippen LogP contribution in [0.15, 0.2) is 12.4 Å². The van der Waals surface area contributed by atoms with Crippen LogP contribution >= 0.6 is 0 Å². The van der Waals surface area contributed by atoms with E-state index in [9.17, 15) is 8.42 Å². The summed E-state index contributed by atoms with van der Waals surface area (Å²) in [6.07, 6.45) is 5.03. The Bertz CT molecular complexity index is 588. The van der Waals surface area contributed by atoms with Crippen molar-refractivity contribution < 1.29 is 8.42 Å². The second kappa shape index (κ2) is 6.35. The SMILES string of the molecule is CN(C)Cc1cncc(C2CCCN2S(=O)(=O)N(C)C)n1. The molecule has 0 spiro atoms. The molecule has 1 aromatic heterocycles. The van der Waals surface area contributed by atoms with Gasteiger partial charge in [0.2, 0.25) is 0 Å². The first-order valence-corrected chi connectivity index (χ1v) is 8.37. The molecule has 2 rings (SSSR count). The van der Waals surface area contributed by atoms with Gasteiger partial charge in [-0.15, -0.1) is 0 Å². The Morgan fingerprint density at radius 3 is 2.62 bits per heavy atom. The maximum absolute atomic E-state index is 12.4. The highest BCUT2D eigenvalue weighted by Gasteiger charge is 2.37. The number of hydrogen-bond donors (Lipinski definition) is 0. The molecule has 1 aromatic rings. The van der Waals surface area contributed by atoms with Crippen molar-refractivity contribution in [3.05, 3.63) is 23.8 Å². The Morgan fingerprint density at radius 2 is 2.00 bits per heavy atom. The van der Waals surface area contributed by atoms with Crippen LogP contribution in [0.1, 0.15) is 30.3 Å². The van der Waals surface area contributed by atoms with Crippen molar-refractivity contribution in [2.24, 2.45) is 0 Å². The molecule has 0 aliphatic carbocycles. The van der Waals surface area contributed by atoms with E-state index in [1.807, 2.05) is 19.0 Å². The molecule has 21 heavy (non-hydrogen) atoms. The van der Waals surface area contributed by atoms with Crippen LogP contribution in [0.4, 0.5) is 0 Å². The van der Waals surface area contributed by atoms with Gasteiger partial charge in [-0.1, -0.05) is 0 Å². The van der Waals surface area contributed by atoms with Gasteiger partial charge in [-0.2, -0.15) is 17.0 Å². The van der Waals surface area contributed by atoms with E-state index < -0.39 is 10.2 Å². The summed E-state index contributed by atoms with van der Waals surface area (Å²) >= 11 is 0. The molecule has 1 aliphatic rings. The summed E-state index contributed by atoms with van der Waals surface area (Å²) in [6.45, 7) is 1.22. The van der Waals surface area contributed by atoms with Crippen LogP contribution in [-0.2, 0) is 16.8 Å². The molecule has 8 heteroatoms. The lowest BCUT2D eigenvalue weighted by Crippen LogP contribution is -2.39.